The lowest BCUT2D eigenvalue weighted by Crippen LogP contribution is -2.54. The molecule has 1 saturated heterocycles. The highest BCUT2D eigenvalue weighted by molar-refractivity contribution is 5.84. The van der Waals surface area contributed by atoms with E-state index in [0.29, 0.717) is 11.9 Å². The Hall–Kier alpha value is -1.36. The number of piperazine rings is 1. The zero-order valence-corrected chi connectivity index (χ0v) is 11.7. The van der Waals surface area contributed by atoms with Crippen LogP contribution in [0.4, 0.5) is 0 Å². The first-order valence-corrected chi connectivity index (χ1v) is 7.18. The lowest BCUT2D eigenvalue weighted by atomic mass is 9.85. The predicted octanol–water partition coefficient (Wildman–Crippen LogP) is 0.992. The Bertz CT molecular complexity index is 470. The Labute approximate surface area is 114 Å². The average Bonchev–Trinajstić information content (AvgIpc) is 2.86. The number of hydrogen-bond acceptors (Lipinski definition) is 3. The highest BCUT2D eigenvalue weighted by Gasteiger charge is 2.34. The Morgan fingerprint density at radius 1 is 1.47 bits per heavy atom. The summed E-state index contributed by atoms with van der Waals surface area (Å²) in [5, 5.41) is 7.14. The molecular formula is C14H22N4O. The van der Waals surface area contributed by atoms with Crippen LogP contribution in [0.15, 0.2) is 6.20 Å². The van der Waals surface area contributed by atoms with Gasteiger partial charge < -0.3 is 9.80 Å². The van der Waals surface area contributed by atoms with Gasteiger partial charge in [-0.2, -0.15) is 5.10 Å². The highest BCUT2D eigenvalue weighted by Crippen LogP contribution is 2.32. The van der Waals surface area contributed by atoms with Gasteiger partial charge in [-0.25, -0.2) is 0 Å². The summed E-state index contributed by atoms with van der Waals surface area (Å²) in [5.41, 5.74) is 2.29. The van der Waals surface area contributed by atoms with Crippen LogP contribution in [0.5, 0.6) is 0 Å². The van der Waals surface area contributed by atoms with Gasteiger partial charge in [0.25, 0.3) is 0 Å². The number of rotatable bonds is 1. The van der Waals surface area contributed by atoms with Crippen molar-refractivity contribution in [1.29, 1.82) is 0 Å². The van der Waals surface area contributed by atoms with Crippen LogP contribution in [0.3, 0.4) is 0 Å². The number of H-pyrrole nitrogens is 1. The first-order chi connectivity index (χ1) is 9.16. The van der Waals surface area contributed by atoms with E-state index in [1.54, 1.807) is 0 Å². The second-order valence-electron chi connectivity index (χ2n) is 5.89. The van der Waals surface area contributed by atoms with Gasteiger partial charge in [-0.1, -0.05) is 0 Å². The van der Waals surface area contributed by atoms with Crippen molar-refractivity contribution in [2.45, 2.75) is 38.1 Å². The van der Waals surface area contributed by atoms with Gasteiger partial charge in [-0.05, 0) is 33.2 Å². The van der Waals surface area contributed by atoms with Crippen molar-refractivity contribution in [3.8, 4) is 0 Å². The molecule has 2 aliphatic rings. The molecule has 1 aromatic rings. The molecule has 5 heteroatoms. The highest BCUT2D eigenvalue weighted by atomic mass is 16.2. The number of likely N-dealkylation sites (N-methyl/N-ethyl adjacent to an activating group) is 1. The van der Waals surface area contributed by atoms with Crippen molar-refractivity contribution in [2.75, 3.05) is 26.7 Å². The largest absolute Gasteiger partial charge is 0.337 e. The minimum atomic E-state index is 0.0216. The van der Waals surface area contributed by atoms with Gasteiger partial charge in [0.05, 0.1) is 12.1 Å². The van der Waals surface area contributed by atoms with E-state index in [2.05, 4.69) is 34.0 Å². The minimum absolute atomic E-state index is 0.0216. The quantitative estimate of drug-likeness (QED) is 0.821. The molecular weight excluding hydrogens is 240 g/mol. The van der Waals surface area contributed by atoms with E-state index in [0.717, 1.165) is 50.2 Å². The lowest BCUT2D eigenvalue weighted by molar-refractivity contribution is -0.137. The Morgan fingerprint density at radius 2 is 2.32 bits per heavy atom. The molecule has 2 atom stereocenters. The molecule has 1 aromatic heterocycles. The zero-order chi connectivity index (χ0) is 13.4. The SMILES string of the molecule is CC1CN(C)CCN1C(=O)C1CCCc2[nH]ncc21. The first-order valence-electron chi connectivity index (χ1n) is 7.18. The summed E-state index contributed by atoms with van der Waals surface area (Å²) in [6.45, 7) is 4.94. The smallest absolute Gasteiger partial charge is 0.230 e. The van der Waals surface area contributed by atoms with Crippen molar-refractivity contribution in [1.82, 2.24) is 20.0 Å². The standard InChI is InChI=1S/C14H22N4O/c1-10-9-17(2)6-7-18(10)14(19)11-4-3-5-13-12(11)8-15-16-13/h8,10-11H,3-7,9H2,1-2H3,(H,15,16). The van der Waals surface area contributed by atoms with Gasteiger partial charge >= 0.3 is 0 Å². The number of fused-ring (bicyclic) bond motifs is 1. The number of nitrogens with zero attached hydrogens (tertiary/aromatic N) is 3. The molecule has 2 heterocycles. The van der Waals surface area contributed by atoms with Crippen LogP contribution in [-0.4, -0.2) is 58.6 Å². The Morgan fingerprint density at radius 3 is 3.11 bits per heavy atom. The fourth-order valence-electron chi connectivity index (χ4n) is 3.39. The molecule has 2 unspecified atom stereocenters. The summed E-state index contributed by atoms with van der Waals surface area (Å²) in [6.07, 6.45) is 4.91. The van der Waals surface area contributed by atoms with Crippen LogP contribution < -0.4 is 0 Å². The molecule has 0 spiro atoms. The van der Waals surface area contributed by atoms with E-state index in [1.165, 1.54) is 0 Å². The second kappa shape index (κ2) is 4.96. The third-order valence-corrected chi connectivity index (χ3v) is 4.46. The van der Waals surface area contributed by atoms with Crippen molar-refractivity contribution >= 4 is 5.91 Å². The van der Waals surface area contributed by atoms with Crippen molar-refractivity contribution in [3.05, 3.63) is 17.5 Å². The van der Waals surface area contributed by atoms with E-state index >= 15 is 0 Å². The van der Waals surface area contributed by atoms with E-state index in [9.17, 15) is 4.79 Å². The van der Waals surface area contributed by atoms with Gasteiger partial charge in [0, 0.05) is 36.9 Å². The number of carbonyl (C=O) groups excluding carboxylic acids is 1. The molecule has 19 heavy (non-hydrogen) atoms. The van der Waals surface area contributed by atoms with Crippen molar-refractivity contribution in [2.24, 2.45) is 0 Å². The van der Waals surface area contributed by atoms with Crippen LogP contribution in [-0.2, 0) is 11.2 Å². The molecule has 1 fully saturated rings. The molecule has 3 rings (SSSR count). The molecule has 1 amide bonds. The molecule has 5 nitrogen and oxygen atoms in total. The summed E-state index contributed by atoms with van der Waals surface area (Å²) in [4.78, 5) is 17.1. The van der Waals surface area contributed by atoms with Crippen molar-refractivity contribution < 1.29 is 4.79 Å². The first kappa shape index (κ1) is 12.7. The maximum Gasteiger partial charge on any atom is 0.230 e. The molecule has 1 N–H and O–H groups in total. The second-order valence-corrected chi connectivity index (χ2v) is 5.89. The zero-order valence-electron chi connectivity index (χ0n) is 11.7. The summed E-state index contributed by atoms with van der Waals surface area (Å²) >= 11 is 0. The topological polar surface area (TPSA) is 52.2 Å². The van der Waals surface area contributed by atoms with E-state index < -0.39 is 0 Å². The third-order valence-electron chi connectivity index (χ3n) is 4.46. The molecule has 0 radical (unpaired) electrons. The molecule has 104 valence electrons. The van der Waals surface area contributed by atoms with Crippen molar-refractivity contribution in [3.63, 3.8) is 0 Å². The summed E-state index contributed by atoms with van der Waals surface area (Å²) in [7, 11) is 2.12. The van der Waals surface area contributed by atoms with Gasteiger partial charge in [0.1, 0.15) is 0 Å². The van der Waals surface area contributed by atoms with Gasteiger partial charge in [-0.15, -0.1) is 0 Å². The summed E-state index contributed by atoms with van der Waals surface area (Å²) in [5.74, 6) is 0.316. The van der Waals surface area contributed by atoms with Crippen LogP contribution in [0.25, 0.3) is 0 Å². The number of aromatic nitrogens is 2. The Balaban J connectivity index is 1.78. The summed E-state index contributed by atoms with van der Waals surface area (Å²) < 4.78 is 0. The van der Waals surface area contributed by atoms with Gasteiger partial charge in [-0.3, -0.25) is 9.89 Å². The molecule has 0 saturated carbocycles. The van der Waals surface area contributed by atoms with Crippen LogP contribution in [0.2, 0.25) is 0 Å². The fourth-order valence-corrected chi connectivity index (χ4v) is 3.39. The summed E-state index contributed by atoms with van der Waals surface area (Å²) in [6, 6.07) is 0.309. The number of aryl methyl sites for hydroxylation is 1. The van der Waals surface area contributed by atoms with Crippen LogP contribution in [0.1, 0.15) is 36.9 Å². The maximum atomic E-state index is 12.8. The third kappa shape index (κ3) is 2.27. The van der Waals surface area contributed by atoms with Crippen LogP contribution >= 0.6 is 0 Å². The molecule has 1 aliphatic carbocycles. The van der Waals surface area contributed by atoms with Crippen LogP contribution in [0, 0.1) is 0 Å². The monoisotopic (exact) mass is 262 g/mol. The maximum absolute atomic E-state index is 12.8. The number of hydrogen-bond donors (Lipinski definition) is 1. The fraction of sp³-hybridized carbons (Fsp3) is 0.714. The van der Waals surface area contributed by atoms with E-state index in [4.69, 9.17) is 0 Å². The molecule has 1 aliphatic heterocycles. The van der Waals surface area contributed by atoms with E-state index in [-0.39, 0.29) is 5.92 Å². The minimum Gasteiger partial charge on any atom is -0.337 e. The van der Waals surface area contributed by atoms with Gasteiger partial charge in [0.2, 0.25) is 5.91 Å². The predicted molar refractivity (Wildman–Crippen MR) is 72.9 cm³/mol. The van der Waals surface area contributed by atoms with E-state index in [1.807, 2.05) is 6.20 Å². The molecule has 0 aromatic carbocycles. The Kier molecular flexibility index (Phi) is 3.31. The van der Waals surface area contributed by atoms with Gasteiger partial charge in [0.15, 0.2) is 0 Å². The molecule has 0 bridgehead atoms. The normalized spacial score (nSPS) is 28.2. The number of nitrogens with one attached hydrogen (secondary N) is 1. The lowest BCUT2D eigenvalue weighted by Gasteiger charge is -2.40. The number of amides is 1. The number of aromatic amines is 1. The number of carbonyl (C=O) groups is 1. The average molecular weight is 262 g/mol.